The Balaban J connectivity index is 1.45. The van der Waals surface area contributed by atoms with Crippen LogP contribution in [0, 0.1) is 5.92 Å². The lowest BCUT2D eigenvalue weighted by Crippen LogP contribution is -2.17. The molecule has 0 atom stereocenters. The normalized spacial score (nSPS) is 15.5. The van der Waals surface area contributed by atoms with E-state index in [9.17, 15) is 4.79 Å². The molecule has 1 saturated carbocycles. The van der Waals surface area contributed by atoms with Crippen LogP contribution in [-0.2, 0) is 6.42 Å². The molecule has 0 aliphatic heterocycles. The molecule has 1 N–H and O–H groups in total. The van der Waals surface area contributed by atoms with Crippen LogP contribution in [0.15, 0.2) is 36.8 Å². The third-order valence-electron chi connectivity index (χ3n) is 4.52. The zero-order valence-corrected chi connectivity index (χ0v) is 13.5. The molecule has 0 amide bonds. The van der Waals surface area contributed by atoms with Gasteiger partial charge in [0.1, 0.15) is 5.75 Å². The van der Waals surface area contributed by atoms with Gasteiger partial charge in [0.05, 0.1) is 18.6 Å². The van der Waals surface area contributed by atoms with Crippen LogP contribution in [0.4, 0.5) is 0 Å². The van der Waals surface area contributed by atoms with Gasteiger partial charge in [0.15, 0.2) is 5.78 Å². The van der Waals surface area contributed by atoms with Crippen molar-refractivity contribution in [1.82, 2.24) is 9.97 Å². The number of rotatable bonds is 7. The Bertz CT molecular complexity index is 599. The summed E-state index contributed by atoms with van der Waals surface area (Å²) in [5, 5.41) is 0. The van der Waals surface area contributed by atoms with E-state index in [0.29, 0.717) is 12.4 Å². The van der Waals surface area contributed by atoms with Crippen molar-refractivity contribution >= 4 is 5.78 Å². The van der Waals surface area contributed by atoms with Gasteiger partial charge in [-0.25, -0.2) is 4.98 Å². The largest absolute Gasteiger partial charge is 0.494 e. The van der Waals surface area contributed by atoms with E-state index in [4.69, 9.17) is 4.74 Å². The maximum Gasteiger partial charge on any atom is 0.165 e. The molecule has 1 fully saturated rings. The van der Waals surface area contributed by atoms with Crippen LogP contribution >= 0.6 is 0 Å². The first-order valence-electron chi connectivity index (χ1n) is 8.57. The van der Waals surface area contributed by atoms with Crippen molar-refractivity contribution in [1.29, 1.82) is 0 Å². The molecule has 1 aromatic carbocycles. The zero-order chi connectivity index (χ0) is 15.9. The molecule has 0 saturated heterocycles. The van der Waals surface area contributed by atoms with Gasteiger partial charge in [0.2, 0.25) is 0 Å². The van der Waals surface area contributed by atoms with Crippen molar-refractivity contribution in [2.24, 2.45) is 5.92 Å². The number of benzene rings is 1. The lowest BCUT2D eigenvalue weighted by Gasteiger charge is -2.20. The lowest BCUT2D eigenvalue weighted by molar-refractivity contribution is 0.0889. The molecule has 0 radical (unpaired) electrons. The van der Waals surface area contributed by atoms with Crippen LogP contribution in [-0.4, -0.2) is 22.4 Å². The topological polar surface area (TPSA) is 55.0 Å². The summed E-state index contributed by atoms with van der Waals surface area (Å²) in [7, 11) is 0. The molecular weight excluding hydrogens is 288 g/mol. The molecule has 4 nitrogen and oxygen atoms in total. The summed E-state index contributed by atoms with van der Waals surface area (Å²) in [6, 6.07) is 7.62. The zero-order valence-electron chi connectivity index (χ0n) is 13.5. The summed E-state index contributed by atoms with van der Waals surface area (Å²) < 4.78 is 5.74. The van der Waals surface area contributed by atoms with E-state index in [0.717, 1.165) is 42.7 Å². The van der Waals surface area contributed by atoms with E-state index in [2.05, 4.69) is 9.97 Å². The number of carbonyl (C=O) groups excluding carboxylic acids is 1. The molecule has 0 bridgehead atoms. The smallest absolute Gasteiger partial charge is 0.165 e. The van der Waals surface area contributed by atoms with Gasteiger partial charge in [-0.2, -0.15) is 0 Å². The molecule has 1 aromatic heterocycles. The molecule has 0 spiro atoms. The third kappa shape index (κ3) is 4.44. The van der Waals surface area contributed by atoms with Gasteiger partial charge in [-0.05, 0) is 49.9 Å². The van der Waals surface area contributed by atoms with Gasteiger partial charge in [0.25, 0.3) is 0 Å². The predicted octanol–water partition coefficient (Wildman–Crippen LogP) is 4.18. The molecule has 0 unspecified atom stereocenters. The van der Waals surface area contributed by atoms with Crippen LogP contribution in [0.1, 0.15) is 54.6 Å². The Morgan fingerprint density at radius 1 is 1.17 bits per heavy atom. The summed E-state index contributed by atoms with van der Waals surface area (Å²) in [4.78, 5) is 19.6. The molecule has 2 aromatic rings. The number of ether oxygens (including phenoxy) is 1. The molecule has 4 heteroatoms. The van der Waals surface area contributed by atoms with E-state index in [-0.39, 0.29) is 5.92 Å². The van der Waals surface area contributed by atoms with Crippen molar-refractivity contribution in [3.63, 3.8) is 0 Å². The summed E-state index contributed by atoms with van der Waals surface area (Å²) >= 11 is 0. The van der Waals surface area contributed by atoms with E-state index >= 15 is 0 Å². The number of Topliss-reactive ketones (excluding diaryl/α,β-unsaturated/α-hetero) is 1. The second kappa shape index (κ2) is 7.95. The lowest BCUT2D eigenvalue weighted by atomic mass is 9.84. The van der Waals surface area contributed by atoms with E-state index < -0.39 is 0 Å². The first-order valence-corrected chi connectivity index (χ1v) is 8.57. The van der Waals surface area contributed by atoms with Crippen molar-refractivity contribution in [2.75, 3.05) is 6.61 Å². The van der Waals surface area contributed by atoms with Crippen LogP contribution in [0.5, 0.6) is 5.75 Å². The summed E-state index contributed by atoms with van der Waals surface area (Å²) in [5.41, 5.74) is 1.88. The molecule has 122 valence electrons. The minimum absolute atomic E-state index is 0.226. The number of aromatic nitrogens is 2. The molecule has 23 heavy (non-hydrogen) atoms. The number of carbonyl (C=O) groups is 1. The van der Waals surface area contributed by atoms with Crippen molar-refractivity contribution < 1.29 is 9.53 Å². The van der Waals surface area contributed by atoms with Crippen molar-refractivity contribution in [2.45, 2.75) is 44.9 Å². The summed E-state index contributed by atoms with van der Waals surface area (Å²) in [6.07, 6.45) is 11.2. The fraction of sp³-hybridized carbons (Fsp3) is 0.474. The number of H-pyrrole nitrogens is 1. The van der Waals surface area contributed by atoms with Gasteiger partial charge in [-0.1, -0.05) is 19.3 Å². The number of hydrogen-bond acceptors (Lipinski definition) is 3. The van der Waals surface area contributed by atoms with E-state index in [1.807, 2.05) is 30.5 Å². The highest BCUT2D eigenvalue weighted by Gasteiger charge is 2.22. The van der Waals surface area contributed by atoms with Crippen molar-refractivity contribution in [3.05, 3.63) is 48.0 Å². The Morgan fingerprint density at radius 2 is 1.96 bits per heavy atom. The number of aryl methyl sites for hydroxylation is 1. The first-order chi connectivity index (χ1) is 11.3. The summed E-state index contributed by atoms with van der Waals surface area (Å²) in [6.45, 7) is 0.656. The van der Waals surface area contributed by atoms with Crippen LogP contribution < -0.4 is 4.74 Å². The fourth-order valence-electron chi connectivity index (χ4n) is 3.19. The standard InChI is InChI=1S/C19H24N2O2/c22-19(15-5-2-1-3-6-15)16-8-10-18(11-9-16)23-12-4-7-17-13-20-14-21-17/h8-11,13-15H,1-7,12H2,(H,20,21). The van der Waals surface area contributed by atoms with Crippen molar-refractivity contribution in [3.8, 4) is 5.75 Å². The number of nitrogens with zero attached hydrogens (tertiary/aromatic N) is 1. The predicted molar refractivity (Wildman–Crippen MR) is 89.8 cm³/mol. The highest BCUT2D eigenvalue weighted by Crippen LogP contribution is 2.27. The van der Waals surface area contributed by atoms with Gasteiger partial charge >= 0.3 is 0 Å². The highest BCUT2D eigenvalue weighted by atomic mass is 16.5. The fourth-order valence-corrected chi connectivity index (χ4v) is 3.19. The second-order valence-corrected chi connectivity index (χ2v) is 6.24. The maximum absolute atomic E-state index is 12.5. The minimum atomic E-state index is 0.226. The van der Waals surface area contributed by atoms with Gasteiger partial charge in [-0.15, -0.1) is 0 Å². The number of imidazole rings is 1. The Kier molecular flexibility index (Phi) is 5.46. The molecule has 1 heterocycles. The summed E-state index contributed by atoms with van der Waals surface area (Å²) in [5.74, 6) is 1.35. The number of aromatic amines is 1. The van der Waals surface area contributed by atoms with Gasteiger partial charge in [0, 0.05) is 17.7 Å². The Labute approximate surface area is 137 Å². The maximum atomic E-state index is 12.5. The quantitative estimate of drug-likeness (QED) is 0.616. The highest BCUT2D eigenvalue weighted by molar-refractivity contribution is 5.97. The molecular formula is C19H24N2O2. The van der Waals surface area contributed by atoms with Gasteiger partial charge in [-0.3, -0.25) is 4.79 Å². The Hall–Kier alpha value is -2.10. The monoisotopic (exact) mass is 312 g/mol. The van der Waals surface area contributed by atoms with Crippen LogP contribution in [0.25, 0.3) is 0 Å². The average Bonchev–Trinajstić information content (AvgIpc) is 3.13. The number of ketones is 1. The first kappa shape index (κ1) is 15.8. The van der Waals surface area contributed by atoms with E-state index in [1.54, 1.807) is 6.33 Å². The SMILES string of the molecule is O=C(c1ccc(OCCCc2c[nH]cn2)cc1)C1CCCCC1. The average molecular weight is 312 g/mol. The Morgan fingerprint density at radius 3 is 2.65 bits per heavy atom. The van der Waals surface area contributed by atoms with E-state index in [1.165, 1.54) is 19.3 Å². The van der Waals surface area contributed by atoms with Crippen LogP contribution in [0.3, 0.4) is 0 Å². The number of hydrogen-bond donors (Lipinski definition) is 1. The molecule has 1 aliphatic rings. The minimum Gasteiger partial charge on any atom is -0.494 e. The molecule has 1 aliphatic carbocycles. The number of nitrogens with one attached hydrogen (secondary N) is 1. The van der Waals surface area contributed by atoms with Crippen LogP contribution in [0.2, 0.25) is 0 Å². The second-order valence-electron chi connectivity index (χ2n) is 6.24. The third-order valence-corrected chi connectivity index (χ3v) is 4.52. The molecule has 3 rings (SSSR count). The van der Waals surface area contributed by atoms with Gasteiger partial charge < -0.3 is 9.72 Å².